The molecule has 2 bridgehead atoms. The molecule has 7 atom stereocenters. The van der Waals surface area contributed by atoms with Gasteiger partial charge in [0.15, 0.2) is 11.5 Å². The van der Waals surface area contributed by atoms with E-state index in [1.54, 1.807) is 0 Å². The lowest BCUT2D eigenvalue weighted by atomic mass is 9.51. The van der Waals surface area contributed by atoms with E-state index in [1.165, 1.54) is 36.5 Å². The maximum atomic E-state index is 13.6. The fraction of sp³-hybridized carbons (Fsp3) is 0.622. The van der Waals surface area contributed by atoms with E-state index in [9.17, 15) is 14.7 Å². The molecule has 3 fully saturated rings. The van der Waals surface area contributed by atoms with Gasteiger partial charge in [-0.25, -0.2) is 0 Å². The fourth-order valence-electron chi connectivity index (χ4n) is 9.32. The highest BCUT2D eigenvalue weighted by Crippen LogP contribution is 2.64. The Hall–Kier alpha value is -2.90. The highest BCUT2D eigenvalue weighted by molar-refractivity contribution is 5.77. The van der Waals surface area contributed by atoms with Gasteiger partial charge in [0, 0.05) is 49.9 Å². The van der Waals surface area contributed by atoms with Gasteiger partial charge < -0.3 is 19.5 Å². The van der Waals surface area contributed by atoms with Gasteiger partial charge in [-0.3, -0.25) is 14.5 Å². The normalized spacial score (nSPS) is 31.2. The van der Waals surface area contributed by atoms with E-state index in [-0.39, 0.29) is 35.5 Å². The molecule has 3 aliphatic carbocycles. The molecule has 7 heteroatoms. The lowest BCUT2D eigenvalue weighted by molar-refractivity contribution is -0.140. The van der Waals surface area contributed by atoms with Gasteiger partial charge >= 0.3 is 5.97 Å². The van der Waals surface area contributed by atoms with Crippen molar-refractivity contribution in [1.29, 1.82) is 0 Å². The van der Waals surface area contributed by atoms with Gasteiger partial charge in [0.05, 0.1) is 12.1 Å². The van der Waals surface area contributed by atoms with Crippen LogP contribution < -0.4 is 9.47 Å². The Morgan fingerprint density at radius 3 is 2.61 bits per heavy atom. The summed E-state index contributed by atoms with van der Waals surface area (Å²) < 4.78 is 12.6. The van der Waals surface area contributed by atoms with Crippen LogP contribution in [0, 0.1) is 11.8 Å². The predicted molar refractivity (Wildman–Crippen MR) is 169 cm³/mol. The molecule has 2 aliphatic heterocycles. The molecule has 2 aromatic carbocycles. The van der Waals surface area contributed by atoms with E-state index in [0.29, 0.717) is 30.0 Å². The second-order valence-electron chi connectivity index (χ2n) is 14.2. The second kappa shape index (κ2) is 12.1. The molecule has 2 heterocycles. The largest absolute Gasteiger partial charge is 0.483 e. The fourth-order valence-corrected chi connectivity index (χ4v) is 9.32. The van der Waals surface area contributed by atoms with E-state index in [1.807, 2.05) is 18.0 Å². The number of rotatable bonds is 12. The number of carbonyl (C=O) groups excluding carboxylic acids is 2. The van der Waals surface area contributed by atoms with Crippen molar-refractivity contribution in [3.63, 3.8) is 0 Å². The number of likely N-dealkylation sites (N-methyl/N-ethyl adjacent to an activating group) is 1. The number of esters is 1. The number of carbonyl (C=O) groups is 2. The van der Waals surface area contributed by atoms with Crippen molar-refractivity contribution in [3.8, 4) is 11.5 Å². The van der Waals surface area contributed by atoms with E-state index in [2.05, 4.69) is 41.3 Å². The third-order valence-corrected chi connectivity index (χ3v) is 11.6. The maximum Gasteiger partial charge on any atom is 0.308 e. The zero-order valence-corrected chi connectivity index (χ0v) is 26.4. The number of hydrogen-bond donors (Lipinski definition) is 1. The van der Waals surface area contributed by atoms with Gasteiger partial charge in [-0.2, -0.15) is 0 Å². The molecular formula is C37H48N2O5. The van der Waals surface area contributed by atoms with Crippen LogP contribution >= 0.6 is 0 Å². The van der Waals surface area contributed by atoms with Gasteiger partial charge in [-0.15, -0.1) is 0 Å². The average Bonchev–Trinajstić information content (AvgIpc) is 3.60. The number of hydrogen-bond acceptors (Lipinski definition) is 6. The number of aliphatic hydroxyl groups excluding tert-OH is 1. The molecule has 2 saturated carbocycles. The van der Waals surface area contributed by atoms with E-state index in [4.69, 9.17) is 9.47 Å². The van der Waals surface area contributed by atoms with E-state index >= 15 is 0 Å². The molecule has 1 amide bonds. The highest BCUT2D eigenvalue weighted by atomic mass is 16.6. The zero-order valence-electron chi connectivity index (χ0n) is 26.4. The first-order valence-electron chi connectivity index (χ1n) is 17.1. The number of aliphatic hydroxyl groups is 1. The molecule has 236 valence electrons. The topological polar surface area (TPSA) is 79.3 Å². The van der Waals surface area contributed by atoms with Crippen molar-refractivity contribution < 1.29 is 24.2 Å². The predicted octanol–water partition coefficient (Wildman–Crippen LogP) is 5.44. The summed E-state index contributed by atoms with van der Waals surface area (Å²) in [5, 5.41) is 10.1. The molecule has 7 rings (SSSR count). The molecule has 1 saturated heterocycles. The minimum Gasteiger partial charge on any atom is -0.483 e. The lowest BCUT2D eigenvalue weighted by Gasteiger charge is -2.60. The van der Waals surface area contributed by atoms with Crippen molar-refractivity contribution in [2.24, 2.45) is 11.8 Å². The van der Waals surface area contributed by atoms with Crippen LogP contribution in [0.5, 0.6) is 11.5 Å². The standard InChI is InChI=1S/C37H48N2O5/c1-24(40)43-32-18-15-26-21-30-28-16-17-29(38(2)33(42)14-10-5-3-4-7-11-25-12-8-6-9-13-25)36-37(28,34(26)35(32)44-36)19-20-39(30)23-27-22-31(27)41/h6,8-9,12-13,15,18,27-31,36,41H,3-5,7,10-11,14,16-17,19-23H2,1-2H3/t27?,28-,29-,30+,31?,36-,37-/m0/s1. The molecular weight excluding hydrogens is 552 g/mol. The average molecular weight is 601 g/mol. The summed E-state index contributed by atoms with van der Waals surface area (Å²) in [4.78, 5) is 30.3. The third-order valence-electron chi connectivity index (χ3n) is 11.6. The van der Waals surface area contributed by atoms with Gasteiger partial charge in [-0.1, -0.05) is 55.7 Å². The monoisotopic (exact) mass is 600 g/mol. The molecule has 2 unspecified atom stereocenters. The Bertz CT molecular complexity index is 1380. The molecule has 5 aliphatic rings. The molecule has 44 heavy (non-hydrogen) atoms. The summed E-state index contributed by atoms with van der Waals surface area (Å²) in [5.74, 6) is 1.94. The van der Waals surface area contributed by atoms with Gasteiger partial charge in [0.2, 0.25) is 5.91 Å². The number of benzene rings is 2. The summed E-state index contributed by atoms with van der Waals surface area (Å²) in [7, 11) is 1.98. The van der Waals surface area contributed by atoms with E-state index < -0.39 is 0 Å². The van der Waals surface area contributed by atoms with Crippen LogP contribution in [0.25, 0.3) is 0 Å². The van der Waals surface area contributed by atoms with Gasteiger partial charge in [-0.05, 0) is 81.0 Å². The number of piperidine rings is 1. The highest BCUT2D eigenvalue weighted by Gasteiger charge is 2.66. The molecule has 0 aromatic heterocycles. The smallest absolute Gasteiger partial charge is 0.308 e. The number of likely N-dealkylation sites (tertiary alicyclic amines) is 1. The van der Waals surface area contributed by atoms with Crippen LogP contribution in [-0.2, 0) is 27.8 Å². The van der Waals surface area contributed by atoms with Crippen LogP contribution in [0.2, 0.25) is 0 Å². The number of nitrogens with zero attached hydrogens (tertiary/aromatic N) is 2. The Balaban J connectivity index is 1.04. The zero-order chi connectivity index (χ0) is 30.4. The first-order chi connectivity index (χ1) is 21.4. The summed E-state index contributed by atoms with van der Waals surface area (Å²) in [6, 6.07) is 15.1. The number of ether oxygens (including phenoxy) is 2. The van der Waals surface area contributed by atoms with Crippen molar-refractivity contribution in [2.75, 3.05) is 20.1 Å². The Morgan fingerprint density at radius 2 is 1.84 bits per heavy atom. The molecule has 1 spiro atoms. The summed E-state index contributed by atoms with van der Waals surface area (Å²) >= 11 is 0. The quantitative estimate of drug-likeness (QED) is 0.199. The lowest BCUT2D eigenvalue weighted by Crippen LogP contribution is -2.69. The van der Waals surface area contributed by atoms with Crippen LogP contribution in [0.1, 0.15) is 87.8 Å². The van der Waals surface area contributed by atoms with Gasteiger partial charge in [0.1, 0.15) is 6.10 Å². The Morgan fingerprint density at radius 1 is 1.07 bits per heavy atom. The van der Waals surface area contributed by atoms with Crippen LogP contribution in [0.4, 0.5) is 0 Å². The van der Waals surface area contributed by atoms with Gasteiger partial charge in [0.25, 0.3) is 0 Å². The molecule has 0 radical (unpaired) electrons. The van der Waals surface area contributed by atoms with Crippen molar-refractivity contribution in [1.82, 2.24) is 9.80 Å². The molecule has 2 aromatic rings. The Labute approximate surface area is 261 Å². The summed E-state index contributed by atoms with van der Waals surface area (Å²) in [5.41, 5.74) is 3.76. The number of unbranched alkanes of at least 4 members (excludes halogenated alkanes) is 4. The SMILES string of the molecule is CC(=O)Oc1ccc2c3c1O[C@H]1[C@@H](N(C)C(=O)CCCCCCCc4ccccc4)CC[C@H]4[C@@H](C2)N(CC2CC2O)CC[C@@]341. The number of amides is 1. The number of aryl methyl sites for hydroxylation is 1. The first kappa shape index (κ1) is 29.8. The van der Waals surface area contributed by atoms with Crippen molar-refractivity contribution in [2.45, 2.75) is 114 Å². The van der Waals surface area contributed by atoms with Crippen molar-refractivity contribution in [3.05, 3.63) is 59.2 Å². The minimum atomic E-state index is -0.343. The minimum absolute atomic E-state index is 0.00870. The maximum absolute atomic E-state index is 13.6. The second-order valence-corrected chi connectivity index (χ2v) is 14.2. The van der Waals surface area contributed by atoms with E-state index in [0.717, 1.165) is 76.6 Å². The molecule has 1 N–H and O–H groups in total. The summed E-state index contributed by atoms with van der Waals surface area (Å²) in [6.45, 7) is 3.37. The van der Waals surface area contributed by atoms with Crippen LogP contribution in [0.15, 0.2) is 42.5 Å². The first-order valence-corrected chi connectivity index (χ1v) is 17.1. The Kier molecular flexibility index (Phi) is 8.21. The summed E-state index contributed by atoms with van der Waals surface area (Å²) in [6.07, 6.45) is 11.8. The van der Waals surface area contributed by atoms with Crippen LogP contribution in [0.3, 0.4) is 0 Å². The van der Waals surface area contributed by atoms with Crippen LogP contribution in [-0.4, -0.2) is 71.2 Å². The third kappa shape index (κ3) is 5.34. The molecule has 7 nitrogen and oxygen atoms in total. The van der Waals surface area contributed by atoms with Crippen molar-refractivity contribution >= 4 is 11.9 Å².